The molecule has 0 spiro atoms. The molecule has 0 saturated heterocycles. The third-order valence-electron chi connectivity index (χ3n) is 2.39. The maximum atomic E-state index is 5.87. The molecule has 0 radical (unpaired) electrons. The van der Waals surface area contributed by atoms with Crippen molar-refractivity contribution in [3.63, 3.8) is 0 Å². The fourth-order valence-electron chi connectivity index (χ4n) is 1.61. The molecular formula is C13H21ClN2O. The van der Waals surface area contributed by atoms with E-state index in [1.165, 1.54) is 0 Å². The second-order valence-electron chi connectivity index (χ2n) is 4.07. The van der Waals surface area contributed by atoms with Gasteiger partial charge in [-0.1, -0.05) is 31.9 Å². The molecule has 0 fully saturated rings. The van der Waals surface area contributed by atoms with E-state index in [4.69, 9.17) is 16.3 Å². The largest absolute Gasteiger partial charge is 0.487 e. The Morgan fingerprint density at radius 1 is 1.35 bits per heavy atom. The fraction of sp³-hybridized carbons (Fsp3) is 0.615. The molecule has 0 bridgehead atoms. The smallest absolute Gasteiger partial charge is 0.139 e. The Labute approximate surface area is 109 Å². The van der Waals surface area contributed by atoms with Crippen molar-refractivity contribution in [2.45, 2.75) is 39.2 Å². The third-order valence-corrected chi connectivity index (χ3v) is 2.60. The minimum Gasteiger partial charge on any atom is -0.487 e. The van der Waals surface area contributed by atoms with Crippen LogP contribution < -0.4 is 10.1 Å². The predicted octanol–water partition coefficient (Wildman–Crippen LogP) is 3.28. The lowest BCUT2D eigenvalue weighted by atomic mass is 10.2. The highest BCUT2D eigenvalue weighted by Crippen LogP contribution is 2.17. The first-order valence-electron chi connectivity index (χ1n) is 6.24. The molecule has 96 valence electrons. The van der Waals surface area contributed by atoms with Crippen LogP contribution in [0.15, 0.2) is 18.5 Å². The van der Waals surface area contributed by atoms with E-state index in [9.17, 15) is 0 Å². The van der Waals surface area contributed by atoms with Crippen molar-refractivity contribution < 1.29 is 4.74 Å². The summed E-state index contributed by atoms with van der Waals surface area (Å²) >= 11 is 5.87. The molecule has 3 nitrogen and oxygen atoms in total. The Balaban J connectivity index is 2.47. The van der Waals surface area contributed by atoms with Crippen molar-refractivity contribution in [3.05, 3.63) is 23.5 Å². The van der Waals surface area contributed by atoms with Gasteiger partial charge in [-0.3, -0.25) is 4.98 Å². The highest BCUT2D eigenvalue weighted by Gasteiger charge is 2.09. The predicted molar refractivity (Wildman–Crippen MR) is 71.7 cm³/mol. The molecule has 0 aliphatic heterocycles. The Morgan fingerprint density at radius 2 is 2.18 bits per heavy atom. The van der Waals surface area contributed by atoms with Crippen LogP contribution in [-0.4, -0.2) is 24.2 Å². The summed E-state index contributed by atoms with van der Waals surface area (Å²) in [4.78, 5) is 4.02. The lowest BCUT2D eigenvalue weighted by molar-refractivity contribution is 0.186. The number of rotatable bonds is 8. The molecule has 1 heterocycles. The SMILES string of the molecule is CCCNCC(CCC)Oc1cncc(Cl)c1. The molecule has 0 saturated carbocycles. The van der Waals surface area contributed by atoms with Crippen LogP contribution >= 0.6 is 11.6 Å². The second-order valence-corrected chi connectivity index (χ2v) is 4.51. The molecule has 0 aliphatic rings. The van der Waals surface area contributed by atoms with Crippen molar-refractivity contribution >= 4 is 11.6 Å². The number of halogens is 1. The molecule has 1 N–H and O–H groups in total. The van der Waals surface area contributed by atoms with Crippen molar-refractivity contribution in [2.75, 3.05) is 13.1 Å². The first-order chi connectivity index (χ1) is 8.26. The number of ether oxygens (including phenoxy) is 1. The van der Waals surface area contributed by atoms with E-state index in [-0.39, 0.29) is 6.10 Å². The number of aromatic nitrogens is 1. The number of nitrogens with zero attached hydrogens (tertiary/aromatic N) is 1. The molecule has 1 aromatic heterocycles. The van der Waals surface area contributed by atoms with E-state index in [1.807, 2.05) is 0 Å². The van der Waals surface area contributed by atoms with Crippen LogP contribution in [0.25, 0.3) is 0 Å². The van der Waals surface area contributed by atoms with Gasteiger partial charge in [-0.15, -0.1) is 0 Å². The maximum absolute atomic E-state index is 5.87. The summed E-state index contributed by atoms with van der Waals surface area (Å²) in [7, 11) is 0. The summed E-state index contributed by atoms with van der Waals surface area (Å²) in [5.41, 5.74) is 0. The molecule has 1 atom stereocenters. The van der Waals surface area contributed by atoms with E-state index in [1.54, 1.807) is 18.5 Å². The minimum atomic E-state index is 0.187. The van der Waals surface area contributed by atoms with Crippen LogP contribution in [0.1, 0.15) is 33.1 Å². The second kappa shape index (κ2) is 8.31. The zero-order chi connectivity index (χ0) is 12.5. The highest BCUT2D eigenvalue weighted by molar-refractivity contribution is 6.30. The van der Waals surface area contributed by atoms with Crippen LogP contribution in [0.5, 0.6) is 5.75 Å². The quantitative estimate of drug-likeness (QED) is 0.725. The van der Waals surface area contributed by atoms with Crippen molar-refractivity contribution in [3.8, 4) is 5.75 Å². The van der Waals surface area contributed by atoms with Crippen LogP contribution in [0.3, 0.4) is 0 Å². The Kier molecular flexibility index (Phi) is 6.97. The molecule has 1 unspecified atom stereocenters. The zero-order valence-corrected chi connectivity index (χ0v) is 11.3. The van der Waals surface area contributed by atoms with E-state index in [0.29, 0.717) is 5.02 Å². The Hall–Kier alpha value is -0.800. The van der Waals surface area contributed by atoms with Gasteiger partial charge in [0.1, 0.15) is 11.9 Å². The minimum absolute atomic E-state index is 0.187. The first-order valence-corrected chi connectivity index (χ1v) is 6.62. The molecule has 0 amide bonds. The standard InChI is InChI=1S/C13H21ClN2O/c1-3-5-12(9-15-6-4-2)17-13-7-11(14)8-16-10-13/h7-8,10,12,15H,3-6,9H2,1-2H3. The van der Waals surface area contributed by atoms with E-state index < -0.39 is 0 Å². The molecule has 17 heavy (non-hydrogen) atoms. The summed E-state index contributed by atoms with van der Waals surface area (Å²) in [6, 6.07) is 1.80. The van der Waals surface area contributed by atoms with Gasteiger partial charge in [0.05, 0.1) is 11.2 Å². The maximum Gasteiger partial charge on any atom is 0.139 e. The van der Waals surface area contributed by atoms with Gasteiger partial charge in [-0.25, -0.2) is 0 Å². The van der Waals surface area contributed by atoms with Crippen LogP contribution in [-0.2, 0) is 0 Å². The molecule has 0 aromatic carbocycles. The number of hydrogen-bond acceptors (Lipinski definition) is 3. The van der Waals surface area contributed by atoms with Gasteiger partial charge in [0.2, 0.25) is 0 Å². The molecule has 1 rings (SSSR count). The monoisotopic (exact) mass is 256 g/mol. The van der Waals surface area contributed by atoms with E-state index in [0.717, 1.165) is 38.1 Å². The van der Waals surface area contributed by atoms with Crippen molar-refractivity contribution in [1.29, 1.82) is 0 Å². The zero-order valence-electron chi connectivity index (χ0n) is 10.6. The summed E-state index contributed by atoms with van der Waals surface area (Å²) < 4.78 is 5.87. The average Bonchev–Trinajstić information content (AvgIpc) is 2.29. The summed E-state index contributed by atoms with van der Waals surface area (Å²) in [6.07, 6.45) is 6.77. The van der Waals surface area contributed by atoms with Gasteiger partial charge in [0, 0.05) is 18.8 Å². The number of hydrogen-bond donors (Lipinski definition) is 1. The van der Waals surface area contributed by atoms with Crippen LogP contribution in [0, 0.1) is 0 Å². The molecular weight excluding hydrogens is 236 g/mol. The summed E-state index contributed by atoms with van der Waals surface area (Å²) in [6.45, 7) is 6.21. The van der Waals surface area contributed by atoms with Crippen molar-refractivity contribution in [1.82, 2.24) is 10.3 Å². The van der Waals surface area contributed by atoms with Gasteiger partial charge in [0.25, 0.3) is 0 Å². The third kappa shape index (κ3) is 5.89. The lowest BCUT2D eigenvalue weighted by Gasteiger charge is -2.19. The van der Waals surface area contributed by atoms with Gasteiger partial charge in [-0.2, -0.15) is 0 Å². The fourth-order valence-corrected chi connectivity index (χ4v) is 1.78. The van der Waals surface area contributed by atoms with Crippen LogP contribution in [0.2, 0.25) is 5.02 Å². The average molecular weight is 257 g/mol. The van der Waals surface area contributed by atoms with E-state index >= 15 is 0 Å². The number of pyridine rings is 1. The van der Waals surface area contributed by atoms with Gasteiger partial charge in [0.15, 0.2) is 0 Å². The topological polar surface area (TPSA) is 34.1 Å². The normalized spacial score (nSPS) is 12.4. The molecule has 0 aliphatic carbocycles. The van der Waals surface area contributed by atoms with Gasteiger partial charge in [-0.05, 0) is 19.4 Å². The van der Waals surface area contributed by atoms with Crippen molar-refractivity contribution in [2.24, 2.45) is 0 Å². The lowest BCUT2D eigenvalue weighted by Crippen LogP contribution is -2.31. The van der Waals surface area contributed by atoms with Gasteiger partial charge < -0.3 is 10.1 Å². The van der Waals surface area contributed by atoms with Crippen LogP contribution in [0.4, 0.5) is 0 Å². The molecule has 4 heteroatoms. The van der Waals surface area contributed by atoms with E-state index in [2.05, 4.69) is 24.1 Å². The summed E-state index contributed by atoms with van der Waals surface area (Å²) in [5.74, 6) is 0.745. The first kappa shape index (κ1) is 14.3. The highest BCUT2D eigenvalue weighted by atomic mass is 35.5. The van der Waals surface area contributed by atoms with Gasteiger partial charge >= 0.3 is 0 Å². The Bertz CT molecular complexity index is 320. The Morgan fingerprint density at radius 3 is 2.82 bits per heavy atom. The number of nitrogens with one attached hydrogen (secondary N) is 1. The molecule has 1 aromatic rings. The summed E-state index contributed by atoms with van der Waals surface area (Å²) in [5, 5.41) is 3.99.